The number of carbonyl (C=O) groups excluding carboxylic acids is 2. The van der Waals surface area contributed by atoms with Crippen LogP contribution in [0.3, 0.4) is 0 Å². The number of aromatic nitrogens is 2. The van der Waals surface area contributed by atoms with E-state index >= 15 is 0 Å². The number of likely N-dealkylation sites (tertiary alicyclic amines) is 1. The Labute approximate surface area is 142 Å². The van der Waals surface area contributed by atoms with Crippen molar-refractivity contribution in [2.75, 3.05) is 32.5 Å². The van der Waals surface area contributed by atoms with E-state index in [9.17, 15) is 9.59 Å². The average Bonchev–Trinajstić information content (AvgIpc) is 2.79. The van der Waals surface area contributed by atoms with Crippen molar-refractivity contribution in [1.82, 2.24) is 19.6 Å². The largest absolute Gasteiger partial charge is 0.444 e. The lowest BCUT2D eigenvalue weighted by Gasteiger charge is -2.40. The molecule has 0 spiro atoms. The summed E-state index contributed by atoms with van der Waals surface area (Å²) >= 11 is 0. The van der Waals surface area contributed by atoms with Crippen LogP contribution in [0.2, 0.25) is 0 Å². The molecule has 1 aromatic heterocycles. The maximum atomic E-state index is 12.5. The van der Waals surface area contributed by atoms with Gasteiger partial charge in [0, 0.05) is 19.2 Å². The molecule has 1 aliphatic heterocycles. The van der Waals surface area contributed by atoms with Gasteiger partial charge in [0.15, 0.2) is 0 Å². The summed E-state index contributed by atoms with van der Waals surface area (Å²) in [6.07, 6.45) is 1.84. The minimum atomic E-state index is -0.571. The Morgan fingerprint density at radius 2 is 2.12 bits per heavy atom. The molecular formula is C16H27N5O3. The molecule has 1 fully saturated rings. The zero-order valence-corrected chi connectivity index (χ0v) is 15.1. The van der Waals surface area contributed by atoms with Crippen molar-refractivity contribution in [2.24, 2.45) is 0 Å². The van der Waals surface area contributed by atoms with Crippen LogP contribution >= 0.6 is 0 Å². The Hall–Kier alpha value is -2.09. The molecule has 0 bridgehead atoms. The van der Waals surface area contributed by atoms with Crippen LogP contribution in [0.1, 0.15) is 27.2 Å². The summed E-state index contributed by atoms with van der Waals surface area (Å²) in [4.78, 5) is 28.1. The van der Waals surface area contributed by atoms with Crippen LogP contribution in [-0.2, 0) is 16.1 Å². The molecule has 8 heteroatoms. The van der Waals surface area contributed by atoms with E-state index < -0.39 is 17.7 Å². The first-order chi connectivity index (χ1) is 11.2. The Bertz CT molecular complexity index is 591. The highest BCUT2D eigenvalue weighted by atomic mass is 16.6. The van der Waals surface area contributed by atoms with Gasteiger partial charge >= 0.3 is 6.09 Å². The summed E-state index contributed by atoms with van der Waals surface area (Å²) in [6.45, 7) is 7.45. The number of hydrogen-bond donors (Lipinski definition) is 1. The zero-order valence-electron chi connectivity index (χ0n) is 15.1. The van der Waals surface area contributed by atoms with E-state index in [1.165, 1.54) is 4.90 Å². The first-order valence-electron chi connectivity index (χ1n) is 8.14. The zero-order chi connectivity index (χ0) is 17.9. The fourth-order valence-corrected chi connectivity index (χ4v) is 2.32. The second-order valence-corrected chi connectivity index (χ2v) is 7.21. The minimum absolute atomic E-state index is 0.210. The van der Waals surface area contributed by atoms with Crippen LogP contribution in [0, 0.1) is 0 Å². The van der Waals surface area contributed by atoms with Gasteiger partial charge in [-0.15, -0.1) is 0 Å². The van der Waals surface area contributed by atoms with Crippen molar-refractivity contribution in [3.8, 4) is 0 Å². The molecule has 1 N–H and O–H groups in total. The van der Waals surface area contributed by atoms with E-state index in [4.69, 9.17) is 4.74 Å². The van der Waals surface area contributed by atoms with Crippen LogP contribution in [0.25, 0.3) is 0 Å². The van der Waals surface area contributed by atoms with Crippen molar-refractivity contribution >= 4 is 17.8 Å². The van der Waals surface area contributed by atoms with Crippen molar-refractivity contribution in [1.29, 1.82) is 0 Å². The van der Waals surface area contributed by atoms with Gasteiger partial charge in [-0.3, -0.25) is 9.69 Å². The number of amides is 2. The van der Waals surface area contributed by atoms with Crippen LogP contribution in [0.5, 0.6) is 0 Å². The number of nitrogens with zero attached hydrogens (tertiary/aromatic N) is 4. The number of rotatable bonds is 5. The van der Waals surface area contributed by atoms with Gasteiger partial charge in [-0.2, -0.15) is 5.10 Å². The van der Waals surface area contributed by atoms with Gasteiger partial charge in [-0.05, 0) is 41.3 Å². The van der Waals surface area contributed by atoms with Crippen molar-refractivity contribution in [3.63, 3.8) is 0 Å². The van der Waals surface area contributed by atoms with E-state index in [-0.39, 0.29) is 5.91 Å². The van der Waals surface area contributed by atoms with Gasteiger partial charge in [0.25, 0.3) is 0 Å². The third kappa shape index (κ3) is 4.70. The molecule has 0 unspecified atom stereocenters. The lowest BCUT2D eigenvalue weighted by Crippen LogP contribution is -2.57. The van der Waals surface area contributed by atoms with E-state index in [1.807, 2.05) is 39.8 Å². The lowest BCUT2D eigenvalue weighted by molar-refractivity contribution is -0.125. The van der Waals surface area contributed by atoms with Crippen molar-refractivity contribution < 1.29 is 14.3 Å². The van der Waals surface area contributed by atoms with Gasteiger partial charge in [-0.1, -0.05) is 0 Å². The van der Waals surface area contributed by atoms with Gasteiger partial charge in [-0.25, -0.2) is 9.48 Å². The molecule has 0 saturated carbocycles. The molecule has 0 radical (unpaired) electrons. The number of ether oxygens (including phenoxy) is 1. The SMILES string of the molecule is CN(C)CCn1nccc1NC(=O)[C@H]1CCN1C(=O)OC(C)(C)C. The van der Waals surface area contributed by atoms with Crippen molar-refractivity contribution in [3.05, 3.63) is 12.3 Å². The molecule has 2 rings (SSSR count). The molecule has 0 aromatic carbocycles. The quantitative estimate of drug-likeness (QED) is 0.878. The Morgan fingerprint density at radius 1 is 1.42 bits per heavy atom. The van der Waals surface area contributed by atoms with Gasteiger partial charge in [0.05, 0.1) is 12.7 Å². The molecule has 1 atom stereocenters. The predicted molar refractivity (Wildman–Crippen MR) is 90.8 cm³/mol. The molecular weight excluding hydrogens is 310 g/mol. The Balaban J connectivity index is 1.93. The Kier molecular flexibility index (Phi) is 5.48. The molecule has 0 aliphatic carbocycles. The highest BCUT2D eigenvalue weighted by Crippen LogP contribution is 2.22. The molecule has 2 heterocycles. The maximum Gasteiger partial charge on any atom is 0.410 e. The van der Waals surface area contributed by atoms with E-state index in [0.717, 1.165) is 6.54 Å². The molecule has 1 aromatic rings. The summed E-state index contributed by atoms with van der Waals surface area (Å²) in [6, 6.07) is 1.27. The summed E-state index contributed by atoms with van der Waals surface area (Å²) in [7, 11) is 3.96. The first kappa shape index (κ1) is 18.3. The summed E-state index contributed by atoms with van der Waals surface area (Å²) < 4.78 is 7.07. The number of likely N-dealkylation sites (N-methyl/N-ethyl adjacent to an activating group) is 1. The molecule has 8 nitrogen and oxygen atoms in total. The van der Waals surface area contributed by atoms with Crippen LogP contribution < -0.4 is 5.32 Å². The summed E-state index contributed by atoms with van der Waals surface area (Å²) in [5, 5.41) is 7.07. The van der Waals surface area contributed by atoms with Gasteiger partial charge in [0.2, 0.25) is 5.91 Å². The van der Waals surface area contributed by atoms with Gasteiger partial charge < -0.3 is 15.0 Å². The van der Waals surface area contributed by atoms with Crippen LogP contribution in [0.4, 0.5) is 10.6 Å². The fourth-order valence-electron chi connectivity index (χ4n) is 2.32. The minimum Gasteiger partial charge on any atom is -0.444 e. The van der Waals surface area contributed by atoms with E-state index in [0.29, 0.717) is 25.3 Å². The molecule has 1 aliphatic rings. The first-order valence-corrected chi connectivity index (χ1v) is 8.14. The Morgan fingerprint density at radius 3 is 2.67 bits per heavy atom. The predicted octanol–water partition coefficient (Wildman–Crippen LogP) is 1.39. The number of nitrogens with one attached hydrogen (secondary N) is 1. The third-order valence-electron chi connectivity index (χ3n) is 3.68. The van der Waals surface area contributed by atoms with Crippen molar-refractivity contribution in [2.45, 2.75) is 45.4 Å². The summed E-state index contributed by atoms with van der Waals surface area (Å²) in [5.74, 6) is 0.427. The molecule has 1 saturated heterocycles. The standard InChI is InChI=1S/C16H27N5O3/c1-16(2,3)24-15(23)20-9-7-12(20)14(22)18-13-6-8-17-21(13)11-10-19(4)5/h6,8,12H,7,9-11H2,1-5H3,(H,18,22)/t12-/m1/s1. The average molecular weight is 337 g/mol. The second-order valence-electron chi connectivity index (χ2n) is 7.21. The second kappa shape index (κ2) is 7.21. The van der Waals surface area contributed by atoms with E-state index in [2.05, 4.69) is 10.4 Å². The van der Waals surface area contributed by atoms with Gasteiger partial charge in [0.1, 0.15) is 17.5 Å². The number of anilines is 1. The number of carbonyl (C=O) groups is 2. The fraction of sp³-hybridized carbons (Fsp3) is 0.688. The lowest BCUT2D eigenvalue weighted by atomic mass is 10.0. The molecule has 24 heavy (non-hydrogen) atoms. The normalized spacial score (nSPS) is 17.6. The highest BCUT2D eigenvalue weighted by Gasteiger charge is 2.40. The smallest absolute Gasteiger partial charge is 0.410 e. The highest BCUT2D eigenvalue weighted by molar-refractivity contribution is 5.96. The monoisotopic (exact) mass is 337 g/mol. The third-order valence-corrected chi connectivity index (χ3v) is 3.68. The number of hydrogen-bond acceptors (Lipinski definition) is 5. The maximum absolute atomic E-state index is 12.5. The van der Waals surface area contributed by atoms with Crippen LogP contribution in [-0.4, -0.2) is 70.4 Å². The summed E-state index contributed by atoms with van der Waals surface area (Å²) in [5.41, 5.74) is -0.571. The van der Waals surface area contributed by atoms with Crippen LogP contribution in [0.15, 0.2) is 12.3 Å². The van der Waals surface area contributed by atoms with E-state index in [1.54, 1.807) is 16.9 Å². The molecule has 2 amide bonds. The topological polar surface area (TPSA) is 79.7 Å². The molecule has 134 valence electrons.